The molecule has 1 aliphatic rings. The van der Waals surface area contributed by atoms with Gasteiger partial charge in [0.1, 0.15) is 11.6 Å². The molecule has 0 saturated heterocycles. The maximum atomic E-state index is 13.1. The number of carbonyl (C=O) groups is 2. The summed E-state index contributed by atoms with van der Waals surface area (Å²) in [5.74, 6) is 0.785. The highest BCUT2D eigenvalue weighted by Crippen LogP contribution is 2.41. The standard InChI is InChI=1S/C23H24FN5O2S/c1-14(16-8-10-18(24)11-9-16)25-21(31)13-32-23-28-27-22(17-6-7-17)29(23)20-5-3-4-19(12-20)26-15(2)30/h3-5,8-12,14,17H,6-7,13H2,1-2H3,(H,25,31)(H,26,30). The zero-order valence-corrected chi connectivity index (χ0v) is 18.7. The summed E-state index contributed by atoms with van der Waals surface area (Å²) >= 11 is 1.31. The van der Waals surface area contributed by atoms with Crippen molar-refractivity contribution in [3.05, 3.63) is 65.7 Å². The normalized spacial score (nSPS) is 14.1. The van der Waals surface area contributed by atoms with Gasteiger partial charge in [-0.2, -0.15) is 0 Å². The zero-order valence-electron chi connectivity index (χ0n) is 17.8. The van der Waals surface area contributed by atoms with Gasteiger partial charge in [-0.3, -0.25) is 14.2 Å². The molecule has 166 valence electrons. The van der Waals surface area contributed by atoms with Gasteiger partial charge >= 0.3 is 0 Å². The number of thioether (sulfide) groups is 1. The number of hydrogen-bond acceptors (Lipinski definition) is 5. The average Bonchev–Trinajstić information content (AvgIpc) is 3.51. The number of carbonyl (C=O) groups excluding carboxylic acids is 2. The van der Waals surface area contributed by atoms with Crippen molar-refractivity contribution in [1.29, 1.82) is 0 Å². The SMILES string of the molecule is CC(=O)Nc1cccc(-n2c(SCC(=O)NC(C)c3ccc(F)cc3)nnc2C2CC2)c1. The van der Waals surface area contributed by atoms with Crippen LogP contribution in [0.4, 0.5) is 10.1 Å². The summed E-state index contributed by atoms with van der Waals surface area (Å²) < 4.78 is 15.1. The third-order valence-electron chi connectivity index (χ3n) is 5.11. The molecule has 32 heavy (non-hydrogen) atoms. The molecular weight excluding hydrogens is 429 g/mol. The van der Waals surface area contributed by atoms with Gasteiger partial charge in [0.2, 0.25) is 11.8 Å². The van der Waals surface area contributed by atoms with Crippen LogP contribution in [-0.2, 0) is 9.59 Å². The van der Waals surface area contributed by atoms with Gasteiger partial charge in [-0.1, -0.05) is 30.0 Å². The molecule has 1 atom stereocenters. The highest BCUT2D eigenvalue weighted by molar-refractivity contribution is 7.99. The van der Waals surface area contributed by atoms with Crippen LogP contribution in [0.3, 0.4) is 0 Å². The quantitative estimate of drug-likeness (QED) is 0.499. The van der Waals surface area contributed by atoms with Crippen LogP contribution in [0.15, 0.2) is 53.7 Å². The Labute approximate surface area is 189 Å². The van der Waals surface area contributed by atoms with Gasteiger partial charge in [-0.15, -0.1) is 10.2 Å². The molecule has 4 rings (SSSR count). The van der Waals surface area contributed by atoms with Crippen molar-refractivity contribution in [1.82, 2.24) is 20.1 Å². The van der Waals surface area contributed by atoms with Crippen molar-refractivity contribution < 1.29 is 14.0 Å². The molecule has 2 N–H and O–H groups in total. The number of halogens is 1. The molecule has 7 nitrogen and oxygen atoms in total. The van der Waals surface area contributed by atoms with Crippen molar-refractivity contribution in [2.75, 3.05) is 11.1 Å². The lowest BCUT2D eigenvalue weighted by atomic mass is 10.1. The van der Waals surface area contributed by atoms with Crippen LogP contribution in [0.1, 0.15) is 50.0 Å². The molecule has 1 aliphatic carbocycles. The molecule has 9 heteroatoms. The van der Waals surface area contributed by atoms with E-state index < -0.39 is 0 Å². The first-order valence-corrected chi connectivity index (χ1v) is 11.4. The number of nitrogens with zero attached hydrogens (tertiary/aromatic N) is 3. The van der Waals surface area contributed by atoms with Crippen molar-refractivity contribution in [3.63, 3.8) is 0 Å². The molecule has 1 fully saturated rings. The van der Waals surface area contributed by atoms with E-state index in [1.807, 2.05) is 35.8 Å². The smallest absolute Gasteiger partial charge is 0.230 e. The van der Waals surface area contributed by atoms with Crippen molar-refractivity contribution in [2.45, 2.75) is 43.8 Å². The predicted octanol–water partition coefficient (Wildman–Crippen LogP) is 4.21. The Hall–Kier alpha value is -3.20. The van der Waals surface area contributed by atoms with Crippen molar-refractivity contribution >= 4 is 29.3 Å². The summed E-state index contributed by atoms with van der Waals surface area (Å²) in [6, 6.07) is 13.3. The monoisotopic (exact) mass is 453 g/mol. The van der Waals surface area contributed by atoms with Gasteiger partial charge in [0.15, 0.2) is 5.16 Å². The van der Waals surface area contributed by atoms with Gasteiger partial charge in [0, 0.05) is 18.5 Å². The molecule has 1 heterocycles. The van der Waals surface area contributed by atoms with Crippen LogP contribution in [0, 0.1) is 5.82 Å². The zero-order chi connectivity index (χ0) is 22.7. The second kappa shape index (κ2) is 9.52. The minimum absolute atomic E-state index is 0.144. The second-order valence-corrected chi connectivity index (χ2v) is 8.75. The second-order valence-electron chi connectivity index (χ2n) is 7.81. The maximum Gasteiger partial charge on any atom is 0.230 e. The van der Waals surface area contributed by atoms with Crippen LogP contribution in [0.2, 0.25) is 0 Å². The lowest BCUT2D eigenvalue weighted by Gasteiger charge is -2.15. The van der Waals surface area contributed by atoms with Crippen molar-refractivity contribution in [3.8, 4) is 5.69 Å². The Morgan fingerprint density at radius 2 is 1.94 bits per heavy atom. The minimum Gasteiger partial charge on any atom is -0.349 e. The average molecular weight is 454 g/mol. The molecule has 1 saturated carbocycles. The van der Waals surface area contributed by atoms with E-state index in [0.717, 1.165) is 29.9 Å². The van der Waals surface area contributed by atoms with E-state index in [2.05, 4.69) is 20.8 Å². The molecule has 1 aromatic heterocycles. The third kappa shape index (κ3) is 5.34. The highest BCUT2D eigenvalue weighted by atomic mass is 32.2. The summed E-state index contributed by atoms with van der Waals surface area (Å²) in [6.45, 7) is 3.32. The topological polar surface area (TPSA) is 88.9 Å². The Morgan fingerprint density at radius 3 is 2.62 bits per heavy atom. The number of amides is 2. The molecule has 2 amide bonds. The van der Waals surface area contributed by atoms with Crippen molar-refractivity contribution in [2.24, 2.45) is 0 Å². The number of anilines is 1. The third-order valence-corrected chi connectivity index (χ3v) is 6.03. The lowest BCUT2D eigenvalue weighted by molar-refractivity contribution is -0.119. The van der Waals surface area contributed by atoms with E-state index >= 15 is 0 Å². The number of nitrogens with one attached hydrogen (secondary N) is 2. The number of benzene rings is 2. The summed E-state index contributed by atoms with van der Waals surface area (Å²) in [5.41, 5.74) is 2.36. The van der Waals surface area contributed by atoms with Crippen LogP contribution >= 0.6 is 11.8 Å². The van der Waals surface area contributed by atoms with E-state index in [-0.39, 0.29) is 29.4 Å². The number of rotatable bonds is 8. The van der Waals surface area contributed by atoms with Gasteiger partial charge in [-0.05, 0) is 55.7 Å². The molecule has 0 radical (unpaired) electrons. The number of aromatic nitrogens is 3. The summed E-state index contributed by atoms with van der Waals surface area (Å²) in [6.07, 6.45) is 2.12. The fourth-order valence-electron chi connectivity index (χ4n) is 3.40. The Balaban J connectivity index is 1.48. The lowest BCUT2D eigenvalue weighted by Crippen LogP contribution is -2.28. The molecule has 1 unspecified atom stereocenters. The first-order valence-electron chi connectivity index (χ1n) is 10.4. The first kappa shape index (κ1) is 22.0. The minimum atomic E-state index is -0.309. The van der Waals surface area contributed by atoms with E-state index in [1.54, 1.807) is 12.1 Å². The van der Waals surface area contributed by atoms with Gasteiger partial charge in [0.05, 0.1) is 17.5 Å². The van der Waals surface area contributed by atoms with Crippen LogP contribution < -0.4 is 10.6 Å². The summed E-state index contributed by atoms with van der Waals surface area (Å²) in [4.78, 5) is 24.0. The van der Waals surface area contributed by atoms with Crippen LogP contribution in [0.25, 0.3) is 5.69 Å². The molecule has 0 aliphatic heterocycles. The maximum absolute atomic E-state index is 13.1. The molecule has 3 aromatic rings. The number of hydrogen-bond donors (Lipinski definition) is 2. The molecule has 2 aromatic carbocycles. The van der Waals surface area contributed by atoms with Crippen LogP contribution in [0.5, 0.6) is 0 Å². The first-order chi connectivity index (χ1) is 15.4. The highest BCUT2D eigenvalue weighted by Gasteiger charge is 2.31. The van der Waals surface area contributed by atoms with E-state index in [1.165, 1.54) is 30.8 Å². The largest absolute Gasteiger partial charge is 0.349 e. The van der Waals surface area contributed by atoms with E-state index in [0.29, 0.717) is 16.8 Å². The van der Waals surface area contributed by atoms with Crippen LogP contribution in [-0.4, -0.2) is 32.3 Å². The Morgan fingerprint density at radius 1 is 1.19 bits per heavy atom. The fourth-order valence-corrected chi connectivity index (χ4v) is 4.17. The van der Waals surface area contributed by atoms with E-state index in [9.17, 15) is 14.0 Å². The fraction of sp³-hybridized carbons (Fsp3) is 0.304. The molecule has 0 spiro atoms. The Kier molecular flexibility index (Phi) is 6.55. The van der Waals surface area contributed by atoms with Gasteiger partial charge in [0.25, 0.3) is 0 Å². The summed E-state index contributed by atoms with van der Waals surface area (Å²) in [7, 11) is 0. The van der Waals surface area contributed by atoms with Gasteiger partial charge in [-0.25, -0.2) is 4.39 Å². The van der Waals surface area contributed by atoms with Gasteiger partial charge < -0.3 is 10.6 Å². The summed E-state index contributed by atoms with van der Waals surface area (Å²) in [5, 5.41) is 15.1. The molecular formula is C23H24FN5O2S. The van der Waals surface area contributed by atoms with E-state index in [4.69, 9.17) is 0 Å². The predicted molar refractivity (Wildman–Crippen MR) is 121 cm³/mol. The Bertz CT molecular complexity index is 1130. The molecule has 0 bridgehead atoms.